The monoisotopic (exact) mass is 400 g/mol. The van der Waals surface area contributed by atoms with Crippen molar-refractivity contribution in [2.75, 3.05) is 0 Å². The van der Waals surface area contributed by atoms with Gasteiger partial charge in [0.15, 0.2) is 0 Å². The Labute approximate surface area is 167 Å². The Bertz CT molecular complexity index is 895. The van der Waals surface area contributed by atoms with Crippen molar-refractivity contribution in [3.63, 3.8) is 0 Å². The zero-order chi connectivity index (χ0) is 20.1. The lowest BCUT2D eigenvalue weighted by molar-refractivity contribution is 0.0891. The van der Waals surface area contributed by atoms with Gasteiger partial charge in [0.2, 0.25) is 10.0 Å². The number of carbonyl (C=O) groups excluding carboxylic acids is 1. The van der Waals surface area contributed by atoms with E-state index < -0.39 is 10.0 Å². The molecule has 0 bridgehead atoms. The molecule has 3 atom stereocenters. The van der Waals surface area contributed by atoms with Gasteiger partial charge in [0.1, 0.15) is 0 Å². The summed E-state index contributed by atoms with van der Waals surface area (Å²) in [5, 5.41) is 3.16. The van der Waals surface area contributed by atoms with E-state index in [9.17, 15) is 13.2 Å². The highest BCUT2D eigenvalue weighted by Gasteiger charge is 2.28. The van der Waals surface area contributed by atoms with E-state index in [1.54, 1.807) is 54.6 Å². The Kier molecular flexibility index (Phi) is 6.52. The minimum Gasteiger partial charge on any atom is -0.349 e. The summed E-state index contributed by atoms with van der Waals surface area (Å²) >= 11 is 0. The highest BCUT2D eigenvalue weighted by Crippen LogP contribution is 2.29. The summed E-state index contributed by atoms with van der Waals surface area (Å²) in [6.45, 7) is 4.63. The van der Waals surface area contributed by atoms with Crippen LogP contribution in [0.15, 0.2) is 59.5 Å². The van der Waals surface area contributed by atoms with Crippen molar-refractivity contribution in [3.05, 3.63) is 65.7 Å². The van der Waals surface area contributed by atoms with Crippen molar-refractivity contribution in [2.45, 2.75) is 50.6 Å². The van der Waals surface area contributed by atoms with E-state index in [2.05, 4.69) is 23.9 Å². The number of sulfonamides is 1. The van der Waals surface area contributed by atoms with Gasteiger partial charge in [0.05, 0.1) is 4.90 Å². The molecule has 2 aromatic carbocycles. The van der Waals surface area contributed by atoms with Crippen LogP contribution in [-0.2, 0) is 16.6 Å². The van der Waals surface area contributed by atoms with Crippen LogP contribution in [0.25, 0.3) is 0 Å². The average molecular weight is 401 g/mol. The Morgan fingerprint density at radius 2 is 1.68 bits per heavy atom. The van der Waals surface area contributed by atoms with Crippen molar-refractivity contribution in [1.29, 1.82) is 0 Å². The first-order chi connectivity index (χ1) is 13.4. The molecule has 150 valence electrons. The first-order valence-corrected chi connectivity index (χ1v) is 11.3. The van der Waals surface area contributed by atoms with Gasteiger partial charge in [-0.2, -0.15) is 0 Å². The average Bonchev–Trinajstić information content (AvgIpc) is 2.71. The van der Waals surface area contributed by atoms with Gasteiger partial charge in [0, 0.05) is 18.2 Å². The largest absolute Gasteiger partial charge is 0.349 e. The summed E-state index contributed by atoms with van der Waals surface area (Å²) in [4.78, 5) is 12.8. The number of nitrogens with one attached hydrogen (secondary N) is 2. The van der Waals surface area contributed by atoms with Crippen LogP contribution in [0.1, 0.15) is 49.0 Å². The summed E-state index contributed by atoms with van der Waals surface area (Å²) in [6, 6.07) is 15.6. The zero-order valence-corrected chi connectivity index (χ0v) is 17.2. The number of hydrogen-bond donors (Lipinski definition) is 2. The van der Waals surface area contributed by atoms with Crippen molar-refractivity contribution >= 4 is 15.9 Å². The zero-order valence-electron chi connectivity index (χ0n) is 16.4. The molecule has 1 amide bonds. The molecule has 0 unspecified atom stereocenters. The first-order valence-electron chi connectivity index (χ1n) is 9.81. The molecule has 1 saturated carbocycles. The third kappa shape index (κ3) is 5.00. The van der Waals surface area contributed by atoms with Crippen LogP contribution in [0.4, 0.5) is 0 Å². The number of rotatable bonds is 6. The molecule has 3 rings (SSSR count). The van der Waals surface area contributed by atoms with Gasteiger partial charge in [-0.1, -0.05) is 57.0 Å². The maximum atomic E-state index is 12.6. The van der Waals surface area contributed by atoms with Crippen LogP contribution in [-0.4, -0.2) is 20.4 Å². The molecule has 0 saturated heterocycles. The Balaban J connectivity index is 1.58. The van der Waals surface area contributed by atoms with Crippen molar-refractivity contribution in [1.82, 2.24) is 10.0 Å². The molecule has 6 heteroatoms. The maximum Gasteiger partial charge on any atom is 0.251 e. The second-order valence-electron chi connectivity index (χ2n) is 7.68. The summed E-state index contributed by atoms with van der Waals surface area (Å²) in [7, 11) is -3.54. The number of amides is 1. The lowest BCUT2D eigenvalue weighted by atomic mass is 9.78. The van der Waals surface area contributed by atoms with Crippen molar-refractivity contribution in [2.24, 2.45) is 11.8 Å². The normalized spacial score (nSPS) is 22.6. The van der Waals surface area contributed by atoms with Crippen molar-refractivity contribution < 1.29 is 13.2 Å². The first kappa shape index (κ1) is 20.6. The fourth-order valence-electron chi connectivity index (χ4n) is 3.67. The van der Waals surface area contributed by atoms with Crippen LogP contribution in [0.2, 0.25) is 0 Å². The van der Waals surface area contributed by atoms with E-state index in [-0.39, 0.29) is 23.4 Å². The minimum absolute atomic E-state index is 0.0673. The van der Waals surface area contributed by atoms with Gasteiger partial charge < -0.3 is 5.32 Å². The molecule has 28 heavy (non-hydrogen) atoms. The van der Waals surface area contributed by atoms with Gasteiger partial charge in [-0.15, -0.1) is 0 Å². The fraction of sp³-hybridized carbons (Fsp3) is 0.409. The summed E-state index contributed by atoms with van der Waals surface area (Å²) < 4.78 is 27.2. The highest BCUT2D eigenvalue weighted by atomic mass is 32.2. The third-order valence-corrected chi connectivity index (χ3v) is 7.18. The quantitative estimate of drug-likeness (QED) is 0.776. The Morgan fingerprint density at radius 3 is 2.36 bits per heavy atom. The molecule has 0 radical (unpaired) electrons. The maximum absolute atomic E-state index is 12.6. The molecule has 2 aromatic rings. The molecular weight excluding hydrogens is 372 g/mol. The summed E-state index contributed by atoms with van der Waals surface area (Å²) in [5.41, 5.74) is 1.40. The Morgan fingerprint density at radius 1 is 1.00 bits per heavy atom. The molecule has 0 heterocycles. The fourth-order valence-corrected chi connectivity index (χ4v) is 4.71. The van der Waals surface area contributed by atoms with Gasteiger partial charge in [0.25, 0.3) is 5.91 Å². The molecule has 1 aliphatic carbocycles. The van der Waals surface area contributed by atoms with Crippen LogP contribution in [0.3, 0.4) is 0 Å². The molecule has 1 fully saturated rings. The molecule has 0 aromatic heterocycles. The standard InChI is InChI=1S/C22H28N2O3S/c1-16-7-6-10-21(17(16)2)24-22(25)19-13-11-18(12-14-19)15-23-28(26,27)20-8-4-3-5-9-20/h3-5,8-9,11-14,16-17,21,23H,6-7,10,15H2,1-2H3,(H,24,25)/t16-,17-,21+/m1/s1. The minimum atomic E-state index is -3.54. The van der Waals surface area contributed by atoms with E-state index >= 15 is 0 Å². The smallest absolute Gasteiger partial charge is 0.251 e. The van der Waals surface area contributed by atoms with Crippen LogP contribution in [0, 0.1) is 11.8 Å². The molecule has 2 N–H and O–H groups in total. The summed E-state index contributed by atoms with van der Waals surface area (Å²) in [5.74, 6) is 1.03. The van der Waals surface area contributed by atoms with E-state index in [1.165, 1.54) is 6.42 Å². The lowest BCUT2D eigenvalue weighted by Crippen LogP contribution is -2.43. The van der Waals surface area contributed by atoms with E-state index in [1.807, 2.05) is 0 Å². The number of carbonyl (C=O) groups is 1. The molecule has 1 aliphatic rings. The van der Waals surface area contributed by atoms with Crippen LogP contribution < -0.4 is 10.0 Å². The van der Waals surface area contributed by atoms with Gasteiger partial charge in [-0.25, -0.2) is 13.1 Å². The molecule has 0 aliphatic heterocycles. The van der Waals surface area contributed by atoms with Gasteiger partial charge >= 0.3 is 0 Å². The van der Waals surface area contributed by atoms with Gasteiger partial charge in [-0.05, 0) is 48.1 Å². The van der Waals surface area contributed by atoms with Crippen LogP contribution >= 0.6 is 0 Å². The SMILES string of the molecule is C[C@@H]1[C@H](C)CCC[C@@H]1NC(=O)c1ccc(CNS(=O)(=O)c2ccccc2)cc1. The number of benzene rings is 2. The predicted octanol–water partition coefficient (Wildman–Crippen LogP) is 3.72. The summed E-state index contributed by atoms with van der Waals surface area (Å²) in [6.07, 6.45) is 3.40. The third-order valence-electron chi connectivity index (χ3n) is 5.76. The highest BCUT2D eigenvalue weighted by molar-refractivity contribution is 7.89. The topological polar surface area (TPSA) is 75.3 Å². The van der Waals surface area contributed by atoms with Gasteiger partial charge in [-0.3, -0.25) is 4.79 Å². The second kappa shape index (κ2) is 8.88. The molecular formula is C22H28N2O3S. The lowest BCUT2D eigenvalue weighted by Gasteiger charge is -2.34. The van der Waals surface area contributed by atoms with E-state index in [0.29, 0.717) is 17.4 Å². The van der Waals surface area contributed by atoms with E-state index in [4.69, 9.17) is 0 Å². The Hall–Kier alpha value is -2.18. The predicted molar refractivity (Wildman–Crippen MR) is 110 cm³/mol. The molecule has 0 spiro atoms. The molecule has 5 nitrogen and oxygen atoms in total. The second-order valence-corrected chi connectivity index (χ2v) is 9.45. The van der Waals surface area contributed by atoms with Crippen LogP contribution in [0.5, 0.6) is 0 Å². The van der Waals surface area contributed by atoms with E-state index in [0.717, 1.165) is 18.4 Å². The number of hydrogen-bond acceptors (Lipinski definition) is 3. The van der Waals surface area contributed by atoms with Crippen molar-refractivity contribution in [3.8, 4) is 0 Å².